The van der Waals surface area contributed by atoms with Gasteiger partial charge < -0.3 is 19.9 Å². The Kier molecular flexibility index (Phi) is 6.87. The van der Waals surface area contributed by atoms with Crippen LogP contribution in [0.5, 0.6) is 5.75 Å². The van der Waals surface area contributed by atoms with Gasteiger partial charge in [0, 0.05) is 30.6 Å². The van der Waals surface area contributed by atoms with E-state index in [1.54, 1.807) is 48.5 Å². The number of pyridine rings is 1. The number of amides is 2. The summed E-state index contributed by atoms with van der Waals surface area (Å²) in [5.74, 6) is -0.125. The van der Waals surface area contributed by atoms with Crippen molar-refractivity contribution >= 4 is 29.1 Å². The number of ether oxygens (including phenoxy) is 1. The van der Waals surface area contributed by atoms with Crippen LogP contribution in [0.3, 0.4) is 0 Å². The average Bonchev–Trinajstić information content (AvgIpc) is 2.76. The van der Waals surface area contributed by atoms with Crippen molar-refractivity contribution in [3.05, 3.63) is 93.4 Å². The van der Waals surface area contributed by atoms with E-state index in [1.807, 2.05) is 0 Å². The summed E-state index contributed by atoms with van der Waals surface area (Å²) < 4.78 is 7.00. The van der Waals surface area contributed by atoms with Gasteiger partial charge in [-0.15, -0.1) is 0 Å². The fourth-order valence-electron chi connectivity index (χ4n) is 2.74. The van der Waals surface area contributed by atoms with Crippen molar-refractivity contribution in [3.8, 4) is 5.75 Å². The first-order valence-electron chi connectivity index (χ1n) is 9.19. The predicted molar refractivity (Wildman–Crippen MR) is 115 cm³/mol. The van der Waals surface area contributed by atoms with E-state index in [0.717, 1.165) is 0 Å². The third-order valence-electron chi connectivity index (χ3n) is 4.28. The molecule has 0 bridgehead atoms. The van der Waals surface area contributed by atoms with E-state index in [0.29, 0.717) is 27.6 Å². The van der Waals surface area contributed by atoms with E-state index in [9.17, 15) is 14.4 Å². The van der Waals surface area contributed by atoms with E-state index in [-0.39, 0.29) is 24.6 Å². The van der Waals surface area contributed by atoms with Crippen LogP contribution >= 0.6 is 11.6 Å². The molecule has 154 valence electrons. The van der Waals surface area contributed by atoms with Crippen molar-refractivity contribution in [1.82, 2.24) is 9.88 Å². The maximum atomic E-state index is 12.6. The minimum Gasteiger partial charge on any atom is -0.490 e. The number of anilines is 1. The number of rotatable bonds is 7. The molecule has 0 unspecified atom stereocenters. The van der Waals surface area contributed by atoms with E-state index < -0.39 is 5.91 Å². The first kappa shape index (κ1) is 21.1. The van der Waals surface area contributed by atoms with Gasteiger partial charge in [0.2, 0.25) is 0 Å². The molecule has 3 rings (SSSR count). The largest absolute Gasteiger partial charge is 0.490 e. The molecular formula is C22H20ClN3O4. The van der Waals surface area contributed by atoms with Gasteiger partial charge in [-0.2, -0.15) is 0 Å². The first-order chi connectivity index (χ1) is 14.5. The Hall–Kier alpha value is -3.58. The molecular weight excluding hydrogens is 406 g/mol. The van der Waals surface area contributed by atoms with Crippen molar-refractivity contribution in [2.24, 2.45) is 0 Å². The summed E-state index contributed by atoms with van der Waals surface area (Å²) in [6, 6.07) is 16.4. The minimum atomic E-state index is -0.398. The van der Waals surface area contributed by atoms with Crippen molar-refractivity contribution in [2.75, 3.05) is 19.0 Å². The smallest absolute Gasteiger partial charge is 0.257 e. The summed E-state index contributed by atoms with van der Waals surface area (Å²) in [5, 5.41) is 5.75. The Labute approximate surface area is 178 Å². The second-order valence-corrected chi connectivity index (χ2v) is 6.75. The fourth-order valence-corrected chi connectivity index (χ4v) is 2.93. The molecule has 3 aromatic rings. The van der Waals surface area contributed by atoms with Crippen LogP contribution < -0.4 is 20.9 Å². The summed E-state index contributed by atoms with van der Waals surface area (Å²) in [4.78, 5) is 36.5. The number of carbonyl (C=O) groups excluding carboxylic acids is 2. The fraction of sp³-hybridized carbons (Fsp3) is 0.136. The lowest BCUT2D eigenvalue weighted by atomic mass is 10.2. The monoisotopic (exact) mass is 425 g/mol. The van der Waals surface area contributed by atoms with Gasteiger partial charge in [0.05, 0.1) is 17.1 Å². The van der Waals surface area contributed by atoms with Crippen molar-refractivity contribution in [1.29, 1.82) is 0 Å². The Morgan fingerprint density at radius 3 is 2.57 bits per heavy atom. The lowest BCUT2D eigenvalue weighted by Crippen LogP contribution is -2.24. The van der Waals surface area contributed by atoms with Crippen LogP contribution in [0.15, 0.2) is 71.7 Å². The van der Waals surface area contributed by atoms with Crippen LogP contribution in [0.25, 0.3) is 0 Å². The van der Waals surface area contributed by atoms with E-state index in [4.69, 9.17) is 16.3 Å². The molecule has 0 radical (unpaired) electrons. The van der Waals surface area contributed by atoms with Crippen molar-refractivity contribution in [2.45, 2.75) is 6.54 Å². The highest BCUT2D eigenvalue weighted by Crippen LogP contribution is 2.22. The van der Waals surface area contributed by atoms with Gasteiger partial charge in [-0.05, 0) is 36.4 Å². The van der Waals surface area contributed by atoms with Gasteiger partial charge in [0.1, 0.15) is 12.4 Å². The summed E-state index contributed by atoms with van der Waals surface area (Å²) in [6.45, 7) is 0.459. The molecule has 0 aliphatic carbocycles. The quantitative estimate of drug-likeness (QED) is 0.608. The van der Waals surface area contributed by atoms with Gasteiger partial charge in [-0.1, -0.05) is 29.8 Å². The standard InChI is InChI=1S/C22H20ClN3O4/c1-24-21(28)15-5-4-6-17(13-15)25-22(29)16-9-10-20(27)26(14-16)11-12-30-19-8-3-2-7-18(19)23/h2-10,13-14H,11-12H2,1H3,(H,24,28)(H,25,29). The minimum absolute atomic E-state index is 0.211. The maximum absolute atomic E-state index is 12.6. The van der Waals surface area contributed by atoms with Crippen LogP contribution in [-0.4, -0.2) is 30.0 Å². The third-order valence-corrected chi connectivity index (χ3v) is 4.59. The first-order valence-corrected chi connectivity index (χ1v) is 9.57. The van der Waals surface area contributed by atoms with Crippen LogP contribution in [0.1, 0.15) is 20.7 Å². The number of para-hydroxylation sites is 1. The SMILES string of the molecule is CNC(=O)c1cccc(NC(=O)c2ccc(=O)n(CCOc3ccccc3Cl)c2)c1. The molecule has 1 heterocycles. The Morgan fingerprint density at radius 2 is 1.80 bits per heavy atom. The average molecular weight is 426 g/mol. The highest BCUT2D eigenvalue weighted by Gasteiger charge is 2.10. The number of halogens is 1. The van der Waals surface area contributed by atoms with Gasteiger partial charge in [0.15, 0.2) is 0 Å². The van der Waals surface area contributed by atoms with Gasteiger partial charge in [-0.3, -0.25) is 14.4 Å². The molecule has 0 fully saturated rings. The molecule has 0 aliphatic rings. The molecule has 0 atom stereocenters. The normalized spacial score (nSPS) is 10.3. The Balaban J connectivity index is 1.68. The Bertz CT molecular complexity index is 1130. The zero-order valence-corrected chi connectivity index (χ0v) is 17.0. The summed E-state index contributed by atoms with van der Waals surface area (Å²) in [5.41, 5.74) is 0.950. The molecule has 0 saturated carbocycles. The van der Waals surface area contributed by atoms with Crippen molar-refractivity contribution < 1.29 is 14.3 Å². The molecule has 8 heteroatoms. The summed E-state index contributed by atoms with van der Waals surface area (Å²) in [7, 11) is 1.53. The number of aromatic nitrogens is 1. The van der Waals surface area contributed by atoms with Crippen LogP contribution in [0, 0.1) is 0 Å². The van der Waals surface area contributed by atoms with E-state index in [2.05, 4.69) is 10.6 Å². The molecule has 2 amide bonds. The number of nitrogens with zero attached hydrogens (tertiary/aromatic N) is 1. The van der Waals surface area contributed by atoms with Gasteiger partial charge in [-0.25, -0.2) is 0 Å². The topological polar surface area (TPSA) is 89.4 Å². The second kappa shape index (κ2) is 9.76. The van der Waals surface area contributed by atoms with Crippen LogP contribution in [-0.2, 0) is 6.54 Å². The highest BCUT2D eigenvalue weighted by molar-refractivity contribution is 6.32. The number of hydrogen-bond acceptors (Lipinski definition) is 4. The highest BCUT2D eigenvalue weighted by atomic mass is 35.5. The molecule has 2 aromatic carbocycles. The zero-order valence-electron chi connectivity index (χ0n) is 16.2. The van der Waals surface area contributed by atoms with E-state index in [1.165, 1.54) is 29.9 Å². The zero-order chi connectivity index (χ0) is 21.5. The number of benzene rings is 2. The summed E-state index contributed by atoms with van der Waals surface area (Å²) >= 11 is 6.05. The third kappa shape index (κ3) is 5.27. The number of nitrogens with one attached hydrogen (secondary N) is 2. The predicted octanol–water partition coefficient (Wildman–Crippen LogP) is 3.19. The van der Waals surface area contributed by atoms with Gasteiger partial charge in [0.25, 0.3) is 17.4 Å². The number of hydrogen-bond donors (Lipinski definition) is 2. The maximum Gasteiger partial charge on any atom is 0.257 e. The lowest BCUT2D eigenvalue weighted by Gasteiger charge is -2.11. The molecule has 0 saturated heterocycles. The second-order valence-electron chi connectivity index (χ2n) is 6.34. The summed E-state index contributed by atoms with van der Waals surface area (Å²) in [6.07, 6.45) is 1.47. The van der Waals surface area contributed by atoms with Crippen LogP contribution in [0.4, 0.5) is 5.69 Å². The van der Waals surface area contributed by atoms with Crippen LogP contribution in [0.2, 0.25) is 5.02 Å². The molecule has 0 aliphatic heterocycles. The molecule has 1 aromatic heterocycles. The van der Waals surface area contributed by atoms with Gasteiger partial charge >= 0.3 is 0 Å². The Morgan fingerprint density at radius 1 is 1.00 bits per heavy atom. The molecule has 30 heavy (non-hydrogen) atoms. The van der Waals surface area contributed by atoms with E-state index >= 15 is 0 Å². The number of carbonyl (C=O) groups is 2. The molecule has 0 spiro atoms. The molecule has 7 nitrogen and oxygen atoms in total. The van der Waals surface area contributed by atoms with Crippen molar-refractivity contribution in [3.63, 3.8) is 0 Å². The molecule has 2 N–H and O–H groups in total. The lowest BCUT2D eigenvalue weighted by molar-refractivity contribution is 0.0961.